The lowest BCUT2D eigenvalue weighted by molar-refractivity contribution is 0.322. The predicted molar refractivity (Wildman–Crippen MR) is 114 cm³/mol. The molecule has 4 aromatic heterocycles. The van der Waals surface area contributed by atoms with Crippen molar-refractivity contribution in [2.75, 3.05) is 25.0 Å². The predicted octanol–water partition coefficient (Wildman–Crippen LogP) is 3.57. The summed E-state index contributed by atoms with van der Waals surface area (Å²) in [5.41, 5.74) is 5.45. The summed E-state index contributed by atoms with van der Waals surface area (Å²) in [5.74, 6) is 0.728. The molecule has 0 aromatic carbocycles. The van der Waals surface area contributed by atoms with E-state index in [1.54, 1.807) is 5.51 Å². The summed E-state index contributed by atoms with van der Waals surface area (Å²) in [6, 6.07) is 5.91. The summed E-state index contributed by atoms with van der Waals surface area (Å²) in [5, 5.41) is 16.2. The zero-order valence-electron chi connectivity index (χ0n) is 16.0. The van der Waals surface area contributed by atoms with E-state index < -0.39 is 0 Å². The maximum atomic E-state index is 4.67. The molecular weight excluding hydrogens is 384 g/mol. The third-order valence-corrected chi connectivity index (χ3v) is 5.77. The molecule has 1 aliphatic heterocycles. The third-order valence-electron chi connectivity index (χ3n) is 5.16. The minimum Gasteiger partial charge on any atom is -0.315 e. The number of likely N-dealkylation sites (tertiary alicyclic amines) is 1. The lowest BCUT2D eigenvalue weighted by atomic mass is 10.1. The quantitative estimate of drug-likeness (QED) is 0.502. The maximum Gasteiger partial charge on any atom is 0.210 e. The molecule has 9 heteroatoms. The molecule has 1 saturated heterocycles. The van der Waals surface area contributed by atoms with Crippen LogP contribution in [0.4, 0.5) is 10.9 Å². The second-order valence-electron chi connectivity index (χ2n) is 7.22. The highest BCUT2D eigenvalue weighted by Gasteiger charge is 2.11. The van der Waals surface area contributed by atoms with Gasteiger partial charge in [0.05, 0.1) is 17.2 Å². The van der Waals surface area contributed by atoms with Crippen LogP contribution in [0.5, 0.6) is 0 Å². The van der Waals surface area contributed by atoms with Gasteiger partial charge in [-0.3, -0.25) is 9.67 Å². The van der Waals surface area contributed by atoms with Gasteiger partial charge < -0.3 is 10.2 Å². The number of fused-ring (bicyclic) bond motifs is 1. The molecule has 0 amide bonds. The van der Waals surface area contributed by atoms with E-state index in [4.69, 9.17) is 0 Å². The van der Waals surface area contributed by atoms with Crippen molar-refractivity contribution in [3.8, 4) is 11.1 Å². The number of anilines is 2. The Labute approximate surface area is 172 Å². The number of nitrogens with zero attached hydrogens (tertiary/aromatic N) is 7. The lowest BCUT2D eigenvalue weighted by Crippen LogP contribution is -2.21. The monoisotopic (exact) mass is 406 g/mol. The van der Waals surface area contributed by atoms with Crippen molar-refractivity contribution in [1.82, 2.24) is 34.8 Å². The van der Waals surface area contributed by atoms with Crippen molar-refractivity contribution >= 4 is 33.3 Å². The summed E-state index contributed by atoms with van der Waals surface area (Å²) in [7, 11) is 0. The fraction of sp³-hybridized carbons (Fsp3) is 0.350. The first-order valence-electron chi connectivity index (χ1n) is 9.89. The molecule has 0 saturated carbocycles. The van der Waals surface area contributed by atoms with Crippen LogP contribution in [0.15, 0.2) is 42.3 Å². The van der Waals surface area contributed by atoms with Gasteiger partial charge in [0, 0.05) is 30.1 Å². The Bertz CT molecular complexity index is 1090. The molecule has 0 bridgehead atoms. The molecule has 0 aliphatic carbocycles. The van der Waals surface area contributed by atoms with Crippen LogP contribution in [0.1, 0.15) is 19.3 Å². The summed E-state index contributed by atoms with van der Waals surface area (Å²) in [6.45, 7) is 4.58. The van der Waals surface area contributed by atoms with E-state index in [0.717, 1.165) is 52.6 Å². The van der Waals surface area contributed by atoms with Gasteiger partial charge >= 0.3 is 0 Å². The van der Waals surface area contributed by atoms with Gasteiger partial charge in [0.2, 0.25) is 5.13 Å². The van der Waals surface area contributed by atoms with Crippen molar-refractivity contribution < 1.29 is 0 Å². The zero-order valence-corrected chi connectivity index (χ0v) is 16.8. The molecule has 1 fully saturated rings. The number of rotatable bonds is 7. The average molecular weight is 407 g/mol. The topological polar surface area (TPSA) is 84.7 Å². The third kappa shape index (κ3) is 4.25. The average Bonchev–Trinajstić information content (AvgIpc) is 3.51. The van der Waals surface area contributed by atoms with E-state index >= 15 is 0 Å². The summed E-state index contributed by atoms with van der Waals surface area (Å²) >= 11 is 1.44. The number of nitrogens with one attached hydrogen (secondary N) is 1. The van der Waals surface area contributed by atoms with Crippen LogP contribution < -0.4 is 5.32 Å². The summed E-state index contributed by atoms with van der Waals surface area (Å²) < 4.78 is 2.02. The first-order chi connectivity index (χ1) is 14.3. The summed E-state index contributed by atoms with van der Waals surface area (Å²) in [4.78, 5) is 11.8. The summed E-state index contributed by atoms with van der Waals surface area (Å²) in [6.07, 6.45) is 9.69. The van der Waals surface area contributed by atoms with E-state index in [0.29, 0.717) is 0 Å². The van der Waals surface area contributed by atoms with E-state index in [1.165, 1.54) is 37.3 Å². The van der Waals surface area contributed by atoms with Crippen LogP contribution in [0.25, 0.3) is 22.2 Å². The Kier molecular flexibility index (Phi) is 5.14. The normalized spacial score (nSPS) is 14.6. The van der Waals surface area contributed by atoms with E-state index in [9.17, 15) is 0 Å². The van der Waals surface area contributed by atoms with Crippen molar-refractivity contribution in [1.29, 1.82) is 0 Å². The Morgan fingerprint density at radius 2 is 1.97 bits per heavy atom. The second kappa shape index (κ2) is 8.22. The van der Waals surface area contributed by atoms with Gasteiger partial charge in [0.1, 0.15) is 11.3 Å². The minimum atomic E-state index is 0.719. The maximum absolute atomic E-state index is 4.67. The first kappa shape index (κ1) is 18.1. The Hall–Kier alpha value is -2.91. The number of hydrogen-bond donors (Lipinski definition) is 1. The Balaban J connectivity index is 1.29. The SMILES string of the molecule is c1nnc(Nc2ccc3ncc(-c4cnn(CCCN5CCCC5)c4)cc3n2)s1. The number of hydrogen-bond acceptors (Lipinski definition) is 8. The van der Waals surface area contributed by atoms with Crippen LogP contribution in [0, 0.1) is 0 Å². The molecule has 0 unspecified atom stereocenters. The van der Waals surface area contributed by atoms with Gasteiger partial charge in [0.25, 0.3) is 0 Å². The van der Waals surface area contributed by atoms with E-state index in [-0.39, 0.29) is 0 Å². The number of aryl methyl sites for hydroxylation is 1. The Morgan fingerprint density at radius 1 is 1.03 bits per heavy atom. The van der Waals surface area contributed by atoms with Crippen molar-refractivity contribution in [3.05, 3.63) is 42.3 Å². The molecule has 8 nitrogen and oxygen atoms in total. The van der Waals surface area contributed by atoms with Crippen LogP contribution in [0.3, 0.4) is 0 Å². The standard InChI is InChI=1S/C20H22N8S/c1-2-7-27(6-1)8-3-9-28-13-16(12-23-28)15-10-18-17(21-11-15)4-5-19(24-18)25-20-26-22-14-29-20/h4-5,10-14H,1-3,6-9H2,(H,24,25,26). The van der Waals surface area contributed by atoms with Crippen molar-refractivity contribution in [2.24, 2.45) is 0 Å². The second-order valence-corrected chi connectivity index (χ2v) is 8.06. The van der Waals surface area contributed by atoms with Crippen molar-refractivity contribution in [2.45, 2.75) is 25.8 Å². The van der Waals surface area contributed by atoms with Gasteiger partial charge in [-0.15, -0.1) is 10.2 Å². The smallest absolute Gasteiger partial charge is 0.210 e. The van der Waals surface area contributed by atoms with Crippen LogP contribution in [-0.4, -0.2) is 54.5 Å². The molecule has 0 spiro atoms. The number of aromatic nitrogens is 6. The molecule has 5 heterocycles. The highest BCUT2D eigenvalue weighted by Crippen LogP contribution is 2.24. The number of pyridine rings is 2. The van der Waals surface area contributed by atoms with Gasteiger partial charge in [0.15, 0.2) is 0 Å². The van der Waals surface area contributed by atoms with Gasteiger partial charge in [-0.2, -0.15) is 5.10 Å². The minimum absolute atomic E-state index is 0.719. The Morgan fingerprint density at radius 3 is 2.83 bits per heavy atom. The molecule has 29 heavy (non-hydrogen) atoms. The van der Waals surface area contributed by atoms with Gasteiger partial charge in [-0.25, -0.2) is 4.98 Å². The molecule has 1 aliphatic rings. The van der Waals surface area contributed by atoms with Gasteiger partial charge in [-0.1, -0.05) is 11.3 Å². The zero-order chi connectivity index (χ0) is 19.5. The first-order valence-corrected chi connectivity index (χ1v) is 10.8. The van der Waals surface area contributed by atoms with E-state index in [2.05, 4.69) is 47.7 Å². The molecular formula is C20H22N8S. The molecule has 1 N–H and O–H groups in total. The molecule has 4 aromatic rings. The largest absolute Gasteiger partial charge is 0.315 e. The molecule has 0 radical (unpaired) electrons. The fourth-order valence-corrected chi connectivity index (χ4v) is 4.12. The highest BCUT2D eigenvalue weighted by molar-refractivity contribution is 7.13. The fourth-order valence-electron chi connectivity index (χ4n) is 3.67. The highest BCUT2D eigenvalue weighted by atomic mass is 32.1. The van der Waals surface area contributed by atoms with Gasteiger partial charge in [-0.05, 0) is 57.1 Å². The molecule has 0 atom stereocenters. The van der Waals surface area contributed by atoms with E-state index in [1.807, 2.05) is 29.2 Å². The van der Waals surface area contributed by atoms with Crippen LogP contribution >= 0.6 is 11.3 Å². The van der Waals surface area contributed by atoms with Crippen LogP contribution in [-0.2, 0) is 6.54 Å². The van der Waals surface area contributed by atoms with Crippen molar-refractivity contribution in [3.63, 3.8) is 0 Å². The lowest BCUT2D eigenvalue weighted by Gasteiger charge is -2.13. The molecule has 148 valence electrons. The molecule has 5 rings (SSSR count). The van der Waals surface area contributed by atoms with Crippen LogP contribution in [0.2, 0.25) is 0 Å².